The molecule has 0 unspecified atom stereocenters. The third-order valence-corrected chi connectivity index (χ3v) is 5.99. The van der Waals surface area contributed by atoms with Gasteiger partial charge in [-0.1, -0.05) is 18.2 Å². The van der Waals surface area contributed by atoms with Gasteiger partial charge >= 0.3 is 5.97 Å². The van der Waals surface area contributed by atoms with Crippen LogP contribution in [0.1, 0.15) is 38.0 Å². The summed E-state index contributed by atoms with van der Waals surface area (Å²) >= 11 is 0. The highest BCUT2D eigenvalue weighted by molar-refractivity contribution is 6.11. The number of anilines is 1. The number of esters is 1. The normalized spacial score (nSPS) is 13.0. The largest absolute Gasteiger partial charge is 0.508 e. The van der Waals surface area contributed by atoms with Gasteiger partial charge in [-0.25, -0.2) is 14.8 Å². The molecule has 5 N–H and O–H groups in total. The number of phenolic OH excluding ortho intramolecular Hbond substituents is 1. The molecule has 2 aromatic carbocycles. The second-order valence-corrected chi connectivity index (χ2v) is 8.52. The molecule has 3 amide bonds. The molecule has 0 radical (unpaired) electrons. The molecule has 3 heterocycles. The number of carbonyl (C=O) groups excluding carboxylic acids is 4. The van der Waals surface area contributed by atoms with E-state index in [-0.39, 0.29) is 47.1 Å². The number of fused-ring (bicyclic) bond motifs is 2. The van der Waals surface area contributed by atoms with Crippen LogP contribution in [0.2, 0.25) is 0 Å². The number of aromatic hydroxyl groups is 1. The SMILES string of the molecule is COC(=O)[C@H](NC(=O)c1c[nH]c2c(C(=O)NCc3ccc4c(c3)NC(=O)CO4)ncnc12)c1ccc(O)cc1. The number of methoxy groups -OCH3 is 1. The number of rotatable bonds is 7. The molecule has 5 rings (SSSR count). The lowest BCUT2D eigenvalue weighted by atomic mass is 10.1. The Morgan fingerprint density at radius 1 is 1.13 bits per heavy atom. The number of nitrogens with one attached hydrogen (secondary N) is 4. The summed E-state index contributed by atoms with van der Waals surface area (Å²) in [5.41, 5.74) is 2.13. The van der Waals surface area contributed by atoms with Crippen molar-refractivity contribution in [3.63, 3.8) is 0 Å². The zero-order valence-electron chi connectivity index (χ0n) is 20.5. The van der Waals surface area contributed by atoms with Gasteiger partial charge in [0.15, 0.2) is 18.3 Å². The molecule has 0 aliphatic carbocycles. The second kappa shape index (κ2) is 10.5. The lowest BCUT2D eigenvalue weighted by molar-refractivity contribution is -0.143. The van der Waals surface area contributed by atoms with Crippen LogP contribution in [0.4, 0.5) is 5.69 Å². The molecule has 0 fully saturated rings. The molecule has 4 aromatic rings. The number of ether oxygens (including phenoxy) is 2. The number of H-pyrrole nitrogens is 1. The summed E-state index contributed by atoms with van der Waals surface area (Å²) in [7, 11) is 1.19. The van der Waals surface area contributed by atoms with Crippen molar-refractivity contribution in [2.75, 3.05) is 19.0 Å². The number of aromatic nitrogens is 3. The van der Waals surface area contributed by atoms with Crippen molar-refractivity contribution in [3.05, 3.63) is 77.4 Å². The second-order valence-electron chi connectivity index (χ2n) is 8.52. The summed E-state index contributed by atoms with van der Waals surface area (Å²) in [6.07, 6.45) is 2.52. The van der Waals surface area contributed by atoms with Gasteiger partial charge in [0, 0.05) is 12.7 Å². The molecule has 0 saturated heterocycles. The summed E-state index contributed by atoms with van der Waals surface area (Å²) in [6.45, 7) is 0.0814. The molecule has 0 bridgehead atoms. The number of benzene rings is 2. The number of hydrogen-bond acceptors (Lipinski definition) is 9. The predicted molar refractivity (Wildman–Crippen MR) is 136 cm³/mol. The Morgan fingerprint density at radius 2 is 1.92 bits per heavy atom. The van der Waals surface area contributed by atoms with Crippen LogP contribution in [0.3, 0.4) is 0 Å². The molecule has 1 aliphatic rings. The van der Waals surface area contributed by atoms with E-state index in [4.69, 9.17) is 9.47 Å². The first kappa shape index (κ1) is 25.2. The molecular formula is C26H22N6O7. The minimum Gasteiger partial charge on any atom is -0.508 e. The third kappa shape index (κ3) is 5.18. The van der Waals surface area contributed by atoms with Crippen molar-refractivity contribution >= 4 is 40.4 Å². The maximum absolute atomic E-state index is 13.1. The summed E-state index contributed by atoms with van der Waals surface area (Å²) < 4.78 is 10.2. The van der Waals surface area contributed by atoms with Gasteiger partial charge in [-0.3, -0.25) is 14.4 Å². The number of amides is 3. The number of hydrogen-bond donors (Lipinski definition) is 5. The van der Waals surface area contributed by atoms with E-state index in [1.54, 1.807) is 18.2 Å². The lowest BCUT2D eigenvalue weighted by Crippen LogP contribution is -2.34. The number of aromatic amines is 1. The van der Waals surface area contributed by atoms with E-state index in [1.165, 1.54) is 37.6 Å². The van der Waals surface area contributed by atoms with Crippen LogP contribution in [0.25, 0.3) is 11.0 Å². The van der Waals surface area contributed by atoms with Gasteiger partial charge in [0.25, 0.3) is 17.7 Å². The van der Waals surface area contributed by atoms with Crippen LogP contribution in [0, 0.1) is 0 Å². The minimum atomic E-state index is -1.15. The molecule has 1 aliphatic heterocycles. The molecule has 1 atom stereocenters. The molecule has 13 heteroatoms. The van der Waals surface area contributed by atoms with Gasteiger partial charge in [-0.15, -0.1) is 0 Å². The van der Waals surface area contributed by atoms with E-state index in [1.807, 2.05) is 0 Å². The topological polar surface area (TPSA) is 185 Å². The van der Waals surface area contributed by atoms with Crippen LogP contribution in [0.5, 0.6) is 11.5 Å². The van der Waals surface area contributed by atoms with Crippen molar-refractivity contribution in [1.29, 1.82) is 0 Å². The van der Waals surface area contributed by atoms with Gasteiger partial charge in [0.2, 0.25) is 0 Å². The van der Waals surface area contributed by atoms with E-state index in [0.717, 1.165) is 6.33 Å². The smallest absolute Gasteiger partial charge is 0.333 e. The van der Waals surface area contributed by atoms with Crippen molar-refractivity contribution in [3.8, 4) is 11.5 Å². The Morgan fingerprint density at radius 3 is 2.69 bits per heavy atom. The van der Waals surface area contributed by atoms with Crippen molar-refractivity contribution < 1.29 is 33.8 Å². The quantitative estimate of drug-likeness (QED) is 0.221. The van der Waals surface area contributed by atoms with Crippen molar-refractivity contribution in [2.24, 2.45) is 0 Å². The predicted octanol–water partition coefficient (Wildman–Crippen LogP) is 1.57. The number of carbonyl (C=O) groups is 4. The molecule has 39 heavy (non-hydrogen) atoms. The van der Waals surface area contributed by atoms with Crippen LogP contribution >= 0.6 is 0 Å². The van der Waals surface area contributed by atoms with Crippen LogP contribution < -0.4 is 20.7 Å². The summed E-state index contributed by atoms with van der Waals surface area (Å²) in [6, 6.07) is 9.75. The van der Waals surface area contributed by atoms with Gasteiger partial charge < -0.3 is 35.5 Å². The maximum Gasteiger partial charge on any atom is 0.333 e. The number of nitrogens with zero attached hydrogens (tertiary/aromatic N) is 2. The van der Waals surface area contributed by atoms with Gasteiger partial charge in [-0.05, 0) is 35.4 Å². The summed E-state index contributed by atoms with van der Waals surface area (Å²) in [4.78, 5) is 61.1. The van der Waals surface area contributed by atoms with Crippen molar-refractivity contribution in [1.82, 2.24) is 25.6 Å². The number of phenols is 1. The van der Waals surface area contributed by atoms with Gasteiger partial charge in [0.1, 0.15) is 23.3 Å². The fraction of sp³-hybridized carbons (Fsp3) is 0.154. The Balaban J connectivity index is 1.33. The lowest BCUT2D eigenvalue weighted by Gasteiger charge is -2.18. The van der Waals surface area contributed by atoms with E-state index < -0.39 is 23.8 Å². The molecule has 0 saturated carbocycles. The molecule has 198 valence electrons. The van der Waals surface area contributed by atoms with Crippen LogP contribution in [0.15, 0.2) is 55.0 Å². The molecule has 0 spiro atoms. The van der Waals surface area contributed by atoms with E-state index in [9.17, 15) is 24.3 Å². The van der Waals surface area contributed by atoms with Crippen molar-refractivity contribution in [2.45, 2.75) is 12.6 Å². The van der Waals surface area contributed by atoms with Crippen LogP contribution in [-0.4, -0.2) is 57.5 Å². The fourth-order valence-electron chi connectivity index (χ4n) is 4.06. The molecular weight excluding hydrogens is 508 g/mol. The Hall–Kier alpha value is -5.46. The van der Waals surface area contributed by atoms with Gasteiger partial charge in [0.05, 0.1) is 23.9 Å². The minimum absolute atomic E-state index is 0.000218. The van der Waals surface area contributed by atoms with E-state index >= 15 is 0 Å². The average molecular weight is 530 g/mol. The van der Waals surface area contributed by atoms with Gasteiger partial charge in [-0.2, -0.15) is 0 Å². The van der Waals surface area contributed by atoms with Crippen LogP contribution in [-0.2, 0) is 20.9 Å². The average Bonchev–Trinajstić information content (AvgIpc) is 3.39. The molecule has 13 nitrogen and oxygen atoms in total. The highest BCUT2D eigenvalue weighted by Gasteiger charge is 2.27. The Labute approximate surface area is 220 Å². The highest BCUT2D eigenvalue weighted by Crippen LogP contribution is 2.28. The summed E-state index contributed by atoms with van der Waals surface area (Å²) in [5, 5.41) is 17.6. The first-order valence-corrected chi connectivity index (χ1v) is 11.7. The molecule has 2 aromatic heterocycles. The standard InChI is InChI=1S/C26H22N6O7/c1-38-26(37)20(14-3-5-15(33)6-4-14)32-24(35)16-10-27-22-21(16)29-12-30-23(22)25(36)28-9-13-2-7-18-17(8-13)31-19(34)11-39-18/h2-8,10,12,20,27,33H,9,11H2,1H3,(H,28,36)(H,31,34)(H,32,35)/t20-/m1/s1. The van der Waals surface area contributed by atoms with E-state index in [0.29, 0.717) is 22.6 Å². The first-order valence-electron chi connectivity index (χ1n) is 11.7. The zero-order chi connectivity index (χ0) is 27.5. The third-order valence-electron chi connectivity index (χ3n) is 5.99. The first-order chi connectivity index (χ1) is 18.8. The zero-order valence-corrected chi connectivity index (χ0v) is 20.5. The summed E-state index contributed by atoms with van der Waals surface area (Å²) in [5.74, 6) is -1.60. The Kier molecular flexibility index (Phi) is 6.78. The highest BCUT2D eigenvalue weighted by atomic mass is 16.5. The maximum atomic E-state index is 13.1. The fourth-order valence-corrected chi connectivity index (χ4v) is 4.06. The monoisotopic (exact) mass is 530 g/mol. The Bertz CT molecular complexity index is 1600. The van der Waals surface area contributed by atoms with E-state index in [2.05, 4.69) is 30.9 Å².